The molecule has 3 N–H and O–H groups in total. The summed E-state index contributed by atoms with van der Waals surface area (Å²) in [5, 5.41) is 3.53. The van der Waals surface area contributed by atoms with E-state index >= 15 is 0 Å². The fraction of sp³-hybridized carbons (Fsp3) is 1.00. The largest absolute Gasteiger partial charge is 0.327 e. The van der Waals surface area contributed by atoms with E-state index in [4.69, 9.17) is 5.73 Å². The molecule has 2 nitrogen and oxygen atoms in total. The van der Waals surface area contributed by atoms with Crippen LogP contribution >= 0.6 is 0 Å². The maximum Gasteiger partial charge on any atom is 0.0167 e. The molecule has 0 radical (unpaired) electrons. The van der Waals surface area contributed by atoms with E-state index in [1.54, 1.807) is 0 Å². The van der Waals surface area contributed by atoms with Gasteiger partial charge in [0.15, 0.2) is 0 Å². The molecular formula is C14H32N2. The molecule has 0 aliphatic rings. The lowest BCUT2D eigenvalue weighted by Gasteiger charge is -2.26. The number of hydrogen-bond acceptors (Lipinski definition) is 2. The molecule has 0 aromatic rings. The van der Waals surface area contributed by atoms with Crippen molar-refractivity contribution in [3.8, 4) is 0 Å². The van der Waals surface area contributed by atoms with Crippen LogP contribution in [0.2, 0.25) is 0 Å². The van der Waals surface area contributed by atoms with Gasteiger partial charge in [-0.1, -0.05) is 41.5 Å². The number of hydrogen-bond donors (Lipinski definition) is 2. The fourth-order valence-electron chi connectivity index (χ4n) is 2.37. The highest BCUT2D eigenvalue weighted by molar-refractivity contribution is 4.72. The minimum Gasteiger partial charge on any atom is -0.327 e. The lowest BCUT2D eigenvalue weighted by molar-refractivity contribution is 0.272. The fourth-order valence-corrected chi connectivity index (χ4v) is 2.37. The molecule has 0 bridgehead atoms. The Morgan fingerprint density at radius 1 is 0.875 bits per heavy atom. The lowest BCUT2D eigenvalue weighted by atomic mass is 9.85. The Labute approximate surface area is 102 Å². The van der Waals surface area contributed by atoms with Gasteiger partial charge in [0.25, 0.3) is 0 Å². The van der Waals surface area contributed by atoms with Crippen molar-refractivity contribution in [3.63, 3.8) is 0 Å². The standard InChI is InChI=1S/C14H32N2/c1-10(2)7-13(15)8-16-9-14(11(3)4)12(5)6/h10-14,16H,7-9,15H2,1-6H3. The van der Waals surface area contributed by atoms with E-state index in [-0.39, 0.29) is 0 Å². The van der Waals surface area contributed by atoms with Crippen LogP contribution in [0.25, 0.3) is 0 Å². The Kier molecular flexibility index (Phi) is 8.04. The van der Waals surface area contributed by atoms with Crippen LogP contribution in [-0.2, 0) is 0 Å². The van der Waals surface area contributed by atoms with Crippen molar-refractivity contribution in [2.45, 2.75) is 54.0 Å². The van der Waals surface area contributed by atoms with Crippen molar-refractivity contribution in [2.24, 2.45) is 29.4 Å². The predicted octanol–water partition coefficient (Wildman–Crippen LogP) is 2.88. The van der Waals surface area contributed by atoms with Gasteiger partial charge in [-0.25, -0.2) is 0 Å². The van der Waals surface area contributed by atoms with Crippen LogP contribution in [0.15, 0.2) is 0 Å². The van der Waals surface area contributed by atoms with E-state index in [0.717, 1.165) is 37.3 Å². The third kappa shape index (κ3) is 7.24. The van der Waals surface area contributed by atoms with Gasteiger partial charge in [0.1, 0.15) is 0 Å². The van der Waals surface area contributed by atoms with Crippen molar-refractivity contribution in [2.75, 3.05) is 13.1 Å². The normalized spacial score (nSPS) is 14.4. The van der Waals surface area contributed by atoms with Crippen LogP contribution in [0.1, 0.15) is 48.0 Å². The molecule has 0 aliphatic heterocycles. The average Bonchev–Trinajstić information content (AvgIpc) is 2.09. The quantitative estimate of drug-likeness (QED) is 0.670. The zero-order valence-electron chi connectivity index (χ0n) is 12.1. The SMILES string of the molecule is CC(C)CC(N)CNCC(C(C)C)C(C)C. The summed E-state index contributed by atoms with van der Waals surface area (Å²) in [6.07, 6.45) is 1.11. The molecule has 0 aromatic heterocycles. The second kappa shape index (κ2) is 8.08. The predicted molar refractivity (Wildman–Crippen MR) is 73.5 cm³/mol. The van der Waals surface area contributed by atoms with E-state index in [1.807, 2.05) is 0 Å². The first-order chi connectivity index (χ1) is 7.34. The minimum absolute atomic E-state index is 0.306. The van der Waals surface area contributed by atoms with Crippen LogP contribution in [0.4, 0.5) is 0 Å². The molecule has 1 atom stereocenters. The molecule has 2 heteroatoms. The molecule has 0 spiro atoms. The maximum atomic E-state index is 6.05. The Morgan fingerprint density at radius 3 is 1.75 bits per heavy atom. The summed E-state index contributed by atoms with van der Waals surface area (Å²) in [7, 11) is 0. The molecule has 0 aromatic carbocycles. The average molecular weight is 228 g/mol. The van der Waals surface area contributed by atoms with Crippen molar-refractivity contribution in [1.29, 1.82) is 0 Å². The summed E-state index contributed by atoms with van der Waals surface area (Å²) < 4.78 is 0. The first kappa shape index (κ1) is 15.9. The Morgan fingerprint density at radius 2 is 1.38 bits per heavy atom. The van der Waals surface area contributed by atoms with Gasteiger partial charge in [-0.3, -0.25) is 0 Å². The van der Waals surface area contributed by atoms with Crippen molar-refractivity contribution in [1.82, 2.24) is 5.32 Å². The highest BCUT2D eigenvalue weighted by atomic mass is 14.9. The van der Waals surface area contributed by atoms with Gasteiger partial charge in [-0.2, -0.15) is 0 Å². The van der Waals surface area contributed by atoms with Gasteiger partial charge < -0.3 is 11.1 Å². The Balaban J connectivity index is 3.77. The van der Waals surface area contributed by atoms with Crippen molar-refractivity contribution < 1.29 is 0 Å². The highest BCUT2D eigenvalue weighted by Crippen LogP contribution is 2.19. The molecule has 98 valence electrons. The van der Waals surface area contributed by atoms with E-state index in [0.29, 0.717) is 12.0 Å². The highest BCUT2D eigenvalue weighted by Gasteiger charge is 2.17. The smallest absolute Gasteiger partial charge is 0.0167 e. The molecule has 0 saturated carbocycles. The second-order valence-electron chi connectivity index (χ2n) is 6.20. The van der Waals surface area contributed by atoms with E-state index in [1.165, 1.54) is 0 Å². The molecular weight excluding hydrogens is 196 g/mol. The number of rotatable bonds is 8. The summed E-state index contributed by atoms with van der Waals surface area (Å²) in [5.74, 6) is 2.94. The van der Waals surface area contributed by atoms with Gasteiger partial charge in [-0.15, -0.1) is 0 Å². The third-order valence-electron chi connectivity index (χ3n) is 3.27. The van der Waals surface area contributed by atoms with E-state index < -0.39 is 0 Å². The van der Waals surface area contributed by atoms with Gasteiger partial charge >= 0.3 is 0 Å². The molecule has 0 aliphatic carbocycles. The molecule has 0 amide bonds. The maximum absolute atomic E-state index is 6.05. The molecule has 0 heterocycles. The third-order valence-corrected chi connectivity index (χ3v) is 3.27. The first-order valence-electron chi connectivity index (χ1n) is 6.80. The van der Waals surface area contributed by atoms with Crippen LogP contribution in [-0.4, -0.2) is 19.1 Å². The minimum atomic E-state index is 0.306. The zero-order chi connectivity index (χ0) is 12.7. The summed E-state index contributed by atoms with van der Waals surface area (Å²) >= 11 is 0. The van der Waals surface area contributed by atoms with Crippen LogP contribution < -0.4 is 11.1 Å². The second-order valence-corrected chi connectivity index (χ2v) is 6.20. The monoisotopic (exact) mass is 228 g/mol. The van der Waals surface area contributed by atoms with Crippen LogP contribution in [0.3, 0.4) is 0 Å². The molecule has 0 fully saturated rings. The summed E-state index contributed by atoms with van der Waals surface area (Å²) in [5.41, 5.74) is 6.05. The van der Waals surface area contributed by atoms with Gasteiger partial charge in [0.2, 0.25) is 0 Å². The number of nitrogens with one attached hydrogen (secondary N) is 1. The molecule has 16 heavy (non-hydrogen) atoms. The van der Waals surface area contributed by atoms with Crippen molar-refractivity contribution in [3.05, 3.63) is 0 Å². The summed E-state index contributed by atoms with van der Waals surface area (Å²) in [6.45, 7) is 15.7. The zero-order valence-corrected chi connectivity index (χ0v) is 12.1. The summed E-state index contributed by atoms with van der Waals surface area (Å²) in [6, 6.07) is 0.306. The lowest BCUT2D eigenvalue weighted by Crippen LogP contribution is -2.39. The Hall–Kier alpha value is -0.0800. The molecule has 0 saturated heterocycles. The summed E-state index contributed by atoms with van der Waals surface area (Å²) in [4.78, 5) is 0. The van der Waals surface area contributed by atoms with Crippen LogP contribution in [0, 0.1) is 23.7 Å². The van der Waals surface area contributed by atoms with E-state index in [9.17, 15) is 0 Å². The van der Waals surface area contributed by atoms with Gasteiger partial charge in [-0.05, 0) is 36.6 Å². The van der Waals surface area contributed by atoms with Gasteiger partial charge in [0.05, 0.1) is 0 Å². The van der Waals surface area contributed by atoms with Crippen molar-refractivity contribution >= 4 is 0 Å². The molecule has 0 rings (SSSR count). The first-order valence-corrected chi connectivity index (χ1v) is 6.80. The molecule has 1 unspecified atom stereocenters. The van der Waals surface area contributed by atoms with Gasteiger partial charge in [0, 0.05) is 12.6 Å². The number of nitrogens with two attached hydrogens (primary N) is 1. The topological polar surface area (TPSA) is 38.0 Å². The van der Waals surface area contributed by atoms with Crippen LogP contribution in [0.5, 0.6) is 0 Å². The Bertz CT molecular complexity index is 156. The van der Waals surface area contributed by atoms with E-state index in [2.05, 4.69) is 46.9 Å².